The summed E-state index contributed by atoms with van der Waals surface area (Å²) in [6, 6.07) is 3.21. The lowest BCUT2D eigenvalue weighted by atomic mass is 10.1. The van der Waals surface area contributed by atoms with E-state index in [9.17, 15) is 4.79 Å². The van der Waals surface area contributed by atoms with Gasteiger partial charge in [-0.25, -0.2) is 4.98 Å². The molecule has 2 N–H and O–H groups in total. The molecule has 0 aromatic carbocycles. The van der Waals surface area contributed by atoms with E-state index in [1.807, 2.05) is 16.7 Å². The maximum atomic E-state index is 10.9. The summed E-state index contributed by atoms with van der Waals surface area (Å²) in [6.45, 7) is 1.14. The molecule has 0 spiro atoms. The highest BCUT2D eigenvalue weighted by Gasteiger charge is 2.26. The van der Waals surface area contributed by atoms with Crippen LogP contribution in [0.2, 0.25) is 0 Å². The highest BCUT2D eigenvalue weighted by Crippen LogP contribution is 2.17. The standard InChI is InChI=1S/C12H13N3O3/c16-12(17)10-4-9-11(5-13-10)15(7-14-9)6-8-2-1-3-18-8/h1-3,7,10,13H,4-6H2,(H,16,17). The highest BCUT2D eigenvalue weighted by molar-refractivity contribution is 5.74. The topological polar surface area (TPSA) is 80.3 Å². The van der Waals surface area contributed by atoms with E-state index in [0.29, 0.717) is 19.5 Å². The van der Waals surface area contributed by atoms with Crippen molar-refractivity contribution in [2.24, 2.45) is 0 Å². The molecule has 0 fully saturated rings. The second-order valence-electron chi connectivity index (χ2n) is 4.32. The molecule has 6 nitrogen and oxygen atoms in total. The number of imidazole rings is 1. The number of hydrogen-bond acceptors (Lipinski definition) is 4. The number of furan rings is 1. The Hall–Kier alpha value is -2.08. The van der Waals surface area contributed by atoms with Gasteiger partial charge in [0.05, 0.1) is 30.5 Å². The molecule has 0 aliphatic carbocycles. The van der Waals surface area contributed by atoms with Gasteiger partial charge in [0.2, 0.25) is 0 Å². The summed E-state index contributed by atoms with van der Waals surface area (Å²) in [5, 5.41) is 12.0. The fourth-order valence-electron chi connectivity index (χ4n) is 2.19. The Morgan fingerprint density at radius 2 is 2.56 bits per heavy atom. The molecule has 0 saturated carbocycles. The third-order valence-electron chi connectivity index (χ3n) is 3.15. The monoisotopic (exact) mass is 247 g/mol. The maximum Gasteiger partial charge on any atom is 0.321 e. The van der Waals surface area contributed by atoms with Gasteiger partial charge in [-0.3, -0.25) is 10.1 Å². The molecule has 1 aliphatic rings. The molecule has 1 atom stereocenters. The number of carbonyl (C=O) groups is 1. The van der Waals surface area contributed by atoms with Crippen molar-refractivity contribution in [3.05, 3.63) is 41.9 Å². The molecule has 18 heavy (non-hydrogen) atoms. The van der Waals surface area contributed by atoms with Crippen LogP contribution in [0.3, 0.4) is 0 Å². The van der Waals surface area contributed by atoms with E-state index in [0.717, 1.165) is 17.1 Å². The minimum Gasteiger partial charge on any atom is -0.480 e. The second-order valence-corrected chi connectivity index (χ2v) is 4.32. The van der Waals surface area contributed by atoms with Crippen LogP contribution in [0.25, 0.3) is 0 Å². The van der Waals surface area contributed by atoms with Crippen LogP contribution in [-0.4, -0.2) is 26.7 Å². The number of aromatic nitrogens is 2. The number of rotatable bonds is 3. The van der Waals surface area contributed by atoms with Crippen molar-refractivity contribution < 1.29 is 14.3 Å². The van der Waals surface area contributed by atoms with Gasteiger partial charge in [0.1, 0.15) is 11.8 Å². The fourth-order valence-corrected chi connectivity index (χ4v) is 2.19. The van der Waals surface area contributed by atoms with E-state index in [-0.39, 0.29) is 0 Å². The van der Waals surface area contributed by atoms with Gasteiger partial charge in [-0.2, -0.15) is 0 Å². The minimum atomic E-state index is -0.832. The van der Waals surface area contributed by atoms with Crippen LogP contribution in [0.5, 0.6) is 0 Å². The molecule has 3 heterocycles. The molecule has 2 aromatic rings. The third kappa shape index (κ3) is 1.91. The smallest absolute Gasteiger partial charge is 0.321 e. The van der Waals surface area contributed by atoms with Gasteiger partial charge >= 0.3 is 5.97 Å². The van der Waals surface area contributed by atoms with Gasteiger partial charge in [-0.15, -0.1) is 0 Å². The van der Waals surface area contributed by atoms with Crippen LogP contribution in [0.1, 0.15) is 17.1 Å². The molecule has 1 unspecified atom stereocenters. The van der Waals surface area contributed by atoms with Gasteiger partial charge in [0.15, 0.2) is 0 Å². The van der Waals surface area contributed by atoms with Crippen molar-refractivity contribution in [1.82, 2.24) is 14.9 Å². The Bertz CT molecular complexity index is 559. The first kappa shape index (κ1) is 11.0. The average Bonchev–Trinajstić information content (AvgIpc) is 2.99. The molecule has 0 radical (unpaired) electrons. The number of carboxylic acids is 1. The summed E-state index contributed by atoms with van der Waals surface area (Å²) < 4.78 is 7.28. The Labute approximate surface area is 103 Å². The molecular weight excluding hydrogens is 234 g/mol. The molecule has 0 amide bonds. The number of carboxylic acid groups (broad SMARTS) is 1. The van der Waals surface area contributed by atoms with Crippen LogP contribution >= 0.6 is 0 Å². The first-order chi connectivity index (χ1) is 8.74. The first-order valence-corrected chi connectivity index (χ1v) is 5.75. The van der Waals surface area contributed by atoms with Crippen molar-refractivity contribution in [3.63, 3.8) is 0 Å². The third-order valence-corrected chi connectivity index (χ3v) is 3.15. The molecule has 94 valence electrons. The number of fused-ring (bicyclic) bond motifs is 1. The zero-order chi connectivity index (χ0) is 12.5. The van der Waals surface area contributed by atoms with Crippen molar-refractivity contribution >= 4 is 5.97 Å². The first-order valence-electron chi connectivity index (χ1n) is 5.75. The Kier molecular flexibility index (Phi) is 2.64. The van der Waals surface area contributed by atoms with Crippen LogP contribution in [-0.2, 0) is 24.3 Å². The minimum absolute atomic E-state index is 0.426. The van der Waals surface area contributed by atoms with Crippen LogP contribution in [0, 0.1) is 0 Å². The van der Waals surface area contributed by atoms with Crippen molar-refractivity contribution in [2.45, 2.75) is 25.6 Å². The van der Waals surface area contributed by atoms with Gasteiger partial charge in [-0.1, -0.05) is 0 Å². The largest absolute Gasteiger partial charge is 0.480 e. The summed E-state index contributed by atoms with van der Waals surface area (Å²) in [6.07, 6.45) is 3.80. The van der Waals surface area contributed by atoms with Gasteiger partial charge < -0.3 is 14.1 Å². The number of hydrogen-bond donors (Lipinski definition) is 2. The van der Waals surface area contributed by atoms with Crippen LogP contribution in [0.4, 0.5) is 0 Å². The fraction of sp³-hybridized carbons (Fsp3) is 0.333. The molecule has 6 heteroatoms. The van der Waals surface area contributed by atoms with E-state index in [2.05, 4.69) is 10.3 Å². The molecule has 0 bridgehead atoms. The lowest BCUT2D eigenvalue weighted by Crippen LogP contribution is -2.42. The zero-order valence-corrected chi connectivity index (χ0v) is 9.67. The SMILES string of the molecule is O=C(O)C1Cc2ncn(Cc3ccco3)c2CN1. The summed E-state index contributed by atoms with van der Waals surface area (Å²) in [4.78, 5) is 15.2. The zero-order valence-electron chi connectivity index (χ0n) is 9.67. The Morgan fingerprint density at radius 1 is 1.67 bits per heavy atom. The maximum absolute atomic E-state index is 10.9. The van der Waals surface area contributed by atoms with E-state index < -0.39 is 12.0 Å². The van der Waals surface area contributed by atoms with Crippen LogP contribution < -0.4 is 5.32 Å². The van der Waals surface area contributed by atoms with Crippen LogP contribution in [0.15, 0.2) is 29.1 Å². The highest BCUT2D eigenvalue weighted by atomic mass is 16.4. The van der Waals surface area contributed by atoms with E-state index in [4.69, 9.17) is 9.52 Å². The quantitative estimate of drug-likeness (QED) is 0.831. The molecular formula is C12H13N3O3. The number of nitrogens with zero attached hydrogens (tertiary/aromatic N) is 2. The summed E-state index contributed by atoms with van der Waals surface area (Å²) in [7, 11) is 0. The lowest BCUT2D eigenvalue weighted by Gasteiger charge is -2.20. The summed E-state index contributed by atoms with van der Waals surface area (Å²) in [5.41, 5.74) is 1.89. The summed E-state index contributed by atoms with van der Waals surface area (Å²) >= 11 is 0. The lowest BCUT2D eigenvalue weighted by molar-refractivity contribution is -0.139. The van der Waals surface area contributed by atoms with Crippen molar-refractivity contribution in [1.29, 1.82) is 0 Å². The van der Waals surface area contributed by atoms with Crippen molar-refractivity contribution in [2.75, 3.05) is 0 Å². The van der Waals surface area contributed by atoms with Gasteiger partial charge in [0, 0.05) is 13.0 Å². The number of aliphatic carboxylic acids is 1. The normalized spacial score (nSPS) is 18.6. The van der Waals surface area contributed by atoms with Gasteiger partial charge in [-0.05, 0) is 12.1 Å². The Morgan fingerprint density at radius 3 is 3.28 bits per heavy atom. The molecule has 1 aliphatic heterocycles. The molecule has 2 aromatic heterocycles. The second kappa shape index (κ2) is 4.30. The predicted octanol–water partition coefficient (Wildman–Crippen LogP) is 0.623. The molecule has 0 saturated heterocycles. The average molecular weight is 247 g/mol. The van der Waals surface area contributed by atoms with E-state index >= 15 is 0 Å². The van der Waals surface area contributed by atoms with E-state index in [1.54, 1.807) is 12.6 Å². The summed E-state index contributed by atoms with van der Waals surface area (Å²) in [5.74, 6) is 0.0248. The predicted molar refractivity (Wildman–Crippen MR) is 62.0 cm³/mol. The van der Waals surface area contributed by atoms with E-state index in [1.165, 1.54) is 0 Å². The van der Waals surface area contributed by atoms with Crippen molar-refractivity contribution in [3.8, 4) is 0 Å². The Balaban J connectivity index is 1.82. The molecule has 3 rings (SSSR count). The number of nitrogens with one attached hydrogen (secondary N) is 1. The van der Waals surface area contributed by atoms with Gasteiger partial charge in [0.25, 0.3) is 0 Å².